The van der Waals surface area contributed by atoms with Crippen molar-refractivity contribution < 1.29 is 9.90 Å². The summed E-state index contributed by atoms with van der Waals surface area (Å²) in [5.41, 5.74) is 2.26. The third kappa shape index (κ3) is 3.24. The van der Waals surface area contributed by atoms with Gasteiger partial charge in [0.2, 0.25) is 5.91 Å². The molecule has 1 heterocycles. The second-order valence-electron chi connectivity index (χ2n) is 5.58. The van der Waals surface area contributed by atoms with Crippen LogP contribution in [0.3, 0.4) is 0 Å². The first-order valence-corrected chi connectivity index (χ1v) is 7.33. The number of hydrogen-bond acceptors (Lipinski definition) is 2. The van der Waals surface area contributed by atoms with Crippen molar-refractivity contribution in [1.82, 2.24) is 4.90 Å². The van der Waals surface area contributed by atoms with E-state index in [1.807, 2.05) is 11.0 Å². The molecule has 1 amide bonds. The quantitative estimate of drug-likeness (QED) is 0.939. The highest BCUT2D eigenvalue weighted by Gasteiger charge is 2.26. The average molecular weight is 281 g/mol. The molecule has 1 atom stereocenters. The van der Waals surface area contributed by atoms with E-state index in [9.17, 15) is 9.90 Å². The first-order valence-electron chi connectivity index (χ1n) is 7.33. The molecular weight excluding hydrogens is 262 g/mol. The van der Waals surface area contributed by atoms with Gasteiger partial charge in [0.1, 0.15) is 5.75 Å². The molecule has 1 aliphatic heterocycles. The van der Waals surface area contributed by atoms with Crippen LogP contribution in [0.1, 0.15) is 23.5 Å². The summed E-state index contributed by atoms with van der Waals surface area (Å²) >= 11 is 0. The van der Waals surface area contributed by atoms with Crippen LogP contribution in [0.2, 0.25) is 0 Å². The number of carbonyl (C=O) groups excluding carboxylic acids is 1. The molecule has 0 unspecified atom stereocenters. The van der Waals surface area contributed by atoms with Gasteiger partial charge in [-0.25, -0.2) is 0 Å². The molecule has 0 aliphatic carbocycles. The van der Waals surface area contributed by atoms with E-state index in [0.29, 0.717) is 12.3 Å². The molecule has 0 spiro atoms. The van der Waals surface area contributed by atoms with E-state index in [-0.39, 0.29) is 11.7 Å². The molecule has 3 nitrogen and oxygen atoms in total. The van der Waals surface area contributed by atoms with Gasteiger partial charge in [0, 0.05) is 19.0 Å². The predicted octanol–water partition coefficient (Wildman–Crippen LogP) is 2.95. The minimum absolute atomic E-state index is 0.166. The monoisotopic (exact) mass is 281 g/mol. The van der Waals surface area contributed by atoms with E-state index >= 15 is 0 Å². The standard InChI is InChI=1S/C18H19NO2/c20-17-8-6-14(7-9-17)12-18(21)19-11-10-16(13-19)15-4-2-1-3-5-15/h1-9,16,20H,10-13H2/t16-/m1/s1. The molecule has 108 valence electrons. The summed E-state index contributed by atoms with van der Waals surface area (Å²) in [5, 5.41) is 9.27. The van der Waals surface area contributed by atoms with Gasteiger partial charge in [-0.2, -0.15) is 0 Å². The number of aromatic hydroxyl groups is 1. The van der Waals surface area contributed by atoms with Crippen molar-refractivity contribution in [1.29, 1.82) is 0 Å². The molecule has 2 aromatic rings. The van der Waals surface area contributed by atoms with Crippen LogP contribution in [0, 0.1) is 0 Å². The highest BCUT2D eigenvalue weighted by atomic mass is 16.3. The lowest BCUT2D eigenvalue weighted by atomic mass is 9.99. The van der Waals surface area contributed by atoms with Crippen molar-refractivity contribution in [2.75, 3.05) is 13.1 Å². The number of phenols is 1. The van der Waals surface area contributed by atoms with E-state index < -0.39 is 0 Å². The van der Waals surface area contributed by atoms with Crippen LogP contribution in [-0.4, -0.2) is 29.0 Å². The number of likely N-dealkylation sites (tertiary alicyclic amines) is 1. The minimum atomic E-state index is 0.166. The van der Waals surface area contributed by atoms with Gasteiger partial charge in [-0.1, -0.05) is 42.5 Å². The third-order valence-electron chi connectivity index (χ3n) is 4.10. The van der Waals surface area contributed by atoms with Crippen LogP contribution in [0.5, 0.6) is 5.75 Å². The highest BCUT2D eigenvalue weighted by Crippen LogP contribution is 2.27. The SMILES string of the molecule is O=C(Cc1ccc(O)cc1)N1CC[C@@H](c2ccccc2)C1. The summed E-state index contributed by atoms with van der Waals surface area (Å²) in [6.07, 6.45) is 1.44. The summed E-state index contributed by atoms with van der Waals surface area (Å²) in [7, 11) is 0. The fourth-order valence-corrected chi connectivity index (χ4v) is 2.88. The van der Waals surface area contributed by atoms with Gasteiger partial charge in [0.15, 0.2) is 0 Å². The summed E-state index contributed by atoms with van der Waals surface area (Å²) in [6, 6.07) is 17.3. The van der Waals surface area contributed by atoms with Crippen LogP contribution in [0.25, 0.3) is 0 Å². The number of carbonyl (C=O) groups is 1. The smallest absolute Gasteiger partial charge is 0.227 e. The maximum absolute atomic E-state index is 12.3. The number of nitrogens with zero attached hydrogens (tertiary/aromatic N) is 1. The zero-order chi connectivity index (χ0) is 14.7. The maximum Gasteiger partial charge on any atom is 0.227 e. The van der Waals surface area contributed by atoms with Crippen molar-refractivity contribution in [3.8, 4) is 5.75 Å². The molecule has 0 radical (unpaired) electrons. The average Bonchev–Trinajstić information content (AvgIpc) is 3.00. The molecule has 0 saturated carbocycles. The highest BCUT2D eigenvalue weighted by molar-refractivity contribution is 5.79. The number of hydrogen-bond donors (Lipinski definition) is 1. The first-order chi connectivity index (χ1) is 10.2. The number of amides is 1. The topological polar surface area (TPSA) is 40.5 Å². The molecule has 1 fully saturated rings. The van der Waals surface area contributed by atoms with Crippen LogP contribution in [0.4, 0.5) is 0 Å². The first kappa shape index (κ1) is 13.7. The van der Waals surface area contributed by atoms with Gasteiger partial charge >= 0.3 is 0 Å². The van der Waals surface area contributed by atoms with E-state index in [1.165, 1.54) is 5.56 Å². The molecule has 1 N–H and O–H groups in total. The summed E-state index contributed by atoms with van der Waals surface area (Å²) < 4.78 is 0. The Balaban J connectivity index is 1.61. The lowest BCUT2D eigenvalue weighted by Crippen LogP contribution is -2.29. The van der Waals surface area contributed by atoms with Crippen LogP contribution >= 0.6 is 0 Å². The molecule has 3 heteroatoms. The lowest BCUT2D eigenvalue weighted by molar-refractivity contribution is -0.129. The van der Waals surface area contributed by atoms with Crippen LogP contribution in [0.15, 0.2) is 54.6 Å². The van der Waals surface area contributed by atoms with Gasteiger partial charge in [-0.15, -0.1) is 0 Å². The van der Waals surface area contributed by atoms with Crippen molar-refractivity contribution in [3.63, 3.8) is 0 Å². The number of benzene rings is 2. The molecule has 3 rings (SSSR count). The van der Waals surface area contributed by atoms with Gasteiger partial charge in [0.25, 0.3) is 0 Å². The van der Waals surface area contributed by atoms with Crippen LogP contribution < -0.4 is 0 Å². The molecular formula is C18H19NO2. The Labute approximate surface area is 124 Å². The van der Waals surface area contributed by atoms with Crippen molar-refractivity contribution >= 4 is 5.91 Å². The second-order valence-corrected chi connectivity index (χ2v) is 5.58. The van der Waals surface area contributed by atoms with Gasteiger partial charge < -0.3 is 10.0 Å². The van der Waals surface area contributed by atoms with Gasteiger partial charge in [-0.3, -0.25) is 4.79 Å². The van der Waals surface area contributed by atoms with E-state index in [4.69, 9.17) is 0 Å². The zero-order valence-electron chi connectivity index (χ0n) is 11.9. The summed E-state index contributed by atoms with van der Waals surface area (Å²) in [5.74, 6) is 0.852. The summed E-state index contributed by atoms with van der Waals surface area (Å²) in [6.45, 7) is 1.64. The summed E-state index contributed by atoms with van der Waals surface area (Å²) in [4.78, 5) is 14.3. The fraction of sp³-hybridized carbons (Fsp3) is 0.278. The predicted molar refractivity (Wildman–Crippen MR) is 82.2 cm³/mol. The van der Waals surface area contributed by atoms with Crippen LogP contribution in [-0.2, 0) is 11.2 Å². The third-order valence-corrected chi connectivity index (χ3v) is 4.10. The normalized spacial score (nSPS) is 17.9. The molecule has 2 aromatic carbocycles. The molecule has 0 bridgehead atoms. The van der Waals surface area contributed by atoms with Crippen molar-refractivity contribution in [2.45, 2.75) is 18.8 Å². The minimum Gasteiger partial charge on any atom is -0.508 e. The van der Waals surface area contributed by atoms with Crippen molar-refractivity contribution in [2.24, 2.45) is 0 Å². The zero-order valence-corrected chi connectivity index (χ0v) is 11.9. The molecule has 21 heavy (non-hydrogen) atoms. The Morgan fingerprint density at radius 2 is 1.81 bits per heavy atom. The second kappa shape index (κ2) is 6.00. The van der Waals surface area contributed by atoms with Gasteiger partial charge in [-0.05, 0) is 29.7 Å². The van der Waals surface area contributed by atoms with Crippen molar-refractivity contribution in [3.05, 3.63) is 65.7 Å². The number of rotatable bonds is 3. The fourth-order valence-electron chi connectivity index (χ4n) is 2.88. The molecule has 0 aromatic heterocycles. The van der Waals surface area contributed by atoms with E-state index in [0.717, 1.165) is 25.1 Å². The number of phenolic OH excluding ortho intramolecular Hbond substituents is 1. The Morgan fingerprint density at radius 1 is 1.10 bits per heavy atom. The molecule has 1 aliphatic rings. The van der Waals surface area contributed by atoms with E-state index in [1.54, 1.807) is 24.3 Å². The molecule has 1 saturated heterocycles. The Morgan fingerprint density at radius 3 is 2.52 bits per heavy atom. The Bertz CT molecular complexity index is 607. The van der Waals surface area contributed by atoms with E-state index in [2.05, 4.69) is 24.3 Å². The van der Waals surface area contributed by atoms with Gasteiger partial charge in [0.05, 0.1) is 6.42 Å². The maximum atomic E-state index is 12.3. The Hall–Kier alpha value is -2.29. The Kier molecular flexibility index (Phi) is 3.91. The largest absolute Gasteiger partial charge is 0.508 e. The lowest BCUT2D eigenvalue weighted by Gasteiger charge is -2.17.